The van der Waals surface area contributed by atoms with E-state index in [2.05, 4.69) is 0 Å². The van der Waals surface area contributed by atoms with Crippen LogP contribution < -0.4 is 4.74 Å². The molecule has 1 heterocycles. The van der Waals surface area contributed by atoms with Crippen molar-refractivity contribution in [1.82, 2.24) is 0 Å². The van der Waals surface area contributed by atoms with Gasteiger partial charge in [-0.2, -0.15) is 0 Å². The van der Waals surface area contributed by atoms with Gasteiger partial charge < -0.3 is 29.5 Å². The second-order valence-electron chi connectivity index (χ2n) is 4.45. The largest absolute Gasteiger partial charge is 0.508 e. The molecule has 6 nitrogen and oxygen atoms in total. The number of aliphatic hydroxyl groups excluding tert-OH is 2. The molecule has 1 aromatic rings. The van der Waals surface area contributed by atoms with Gasteiger partial charge in [0.05, 0.1) is 12.7 Å². The van der Waals surface area contributed by atoms with Crippen LogP contribution in [-0.2, 0) is 9.47 Å². The van der Waals surface area contributed by atoms with Crippen molar-refractivity contribution in [2.24, 2.45) is 0 Å². The van der Waals surface area contributed by atoms with Crippen molar-refractivity contribution in [3.8, 4) is 11.5 Å². The highest BCUT2D eigenvalue weighted by Crippen LogP contribution is 2.26. The molecule has 2 rings (SSSR count). The second-order valence-corrected chi connectivity index (χ2v) is 4.45. The third-order valence-corrected chi connectivity index (χ3v) is 2.81. The highest BCUT2D eigenvalue weighted by atomic mass is 16.8. The van der Waals surface area contributed by atoms with E-state index in [9.17, 15) is 5.11 Å². The lowest BCUT2D eigenvalue weighted by atomic mass is 10.2. The number of benzene rings is 1. The molecule has 0 saturated carbocycles. The lowest BCUT2D eigenvalue weighted by Crippen LogP contribution is -2.31. The van der Waals surface area contributed by atoms with Crippen LogP contribution in [0.5, 0.6) is 11.5 Å². The van der Waals surface area contributed by atoms with E-state index in [1.165, 1.54) is 12.1 Å². The van der Waals surface area contributed by atoms with Crippen molar-refractivity contribution in [2.75, 3.05) is 13.2 Å². The highest BCUT2D eigenvalue weighted by Gasteiger charge is 2.43. The smallest absolute Gasteiger partial charge is 0.188 e. The zero-order chi connectivity index (χ0) is 13.8. The van der Waals surface area contributed by atoms with Gasteiger partial charge >= 0.3 is 0 Å². The fourth-order valence-electron chi connectivity index (χ4n) is 1.57. The topological polar surface area (TPSA) is 91.7 Å². The molecule has 1 aromatic carbocycles. The van der Waals surface area contributed by atoms with E-state index in [1.807, 2.05) is 0 Å². The first-order chi connectivity index (χ1) is 9.10. The minimum atomic E-state index is -0.757. The zero-order valence-electron chi connectivity index (χ0n) is 10.6. The van der Waals surface area contributed by atoms with Gasteiger partial charge in [0.1, 0.15) is 30.3 Å². The fraction of sp³-hybridized carbons (Fsp3) is 0.538. The lowest BCUT2D eigenvalue weighted by molar-refractivity contribution is -0.0899. The van der Waals surface area contributed by atoms with Crippen molar-refractivity contribution in [2.45, 2.75) is 31.5 Å². The monoisotopic (exact) mass is 270 g/mol. The summed E-state index contributed by atoms with van der Waals surface area (Å²) in [6.45, 7) is 1.60. The van der Waals surface area contributed by atoms with Crippen molar-refractivity contribution < 1.29 is 29.5 Å². The Hall–Kier alpha value is -1.34. The van der Waals surface area contributed by atoms with Gasteiger partial charge in [-0.05, 0) is 31.2 Å². The minimum Gasteiger partial charge on any atom is -0.508 e. The van der Waals surface area contributed by atoms with Gasteiger partial charge in [-0.25, -0.2) is 0 Å². The summed E-state index contributed by atoms with van der Waals surface area (Å²) in [6.07, 6.45) is -2.07. The highest BCUT2D eigenvalue weighted by molar-refractivity contribution is 5.30. The van der Waals surface area contributed by atoms with Crippen molar-refractivity contribution in [1.29, 1.82) is 0 Å². The molecule has 6 heteroatoms. The molecule has 3 N–H and O–H groups in total. The molecular weight excluding hydrogens is 252 g/mol. The fourth-order valence-corrected chi connectivity index (χ4v) is 1.57. The van der Waals surface area contributed by atoms with Gasteiger partial charge in [-0.15, -0.1) is 0 Å². The summed E-state index contributed by atoms with van der Waals surface area (Å²) in [5.41, 5.74) is 0. The Balaban J connectivity index is 1.70. The number of hydrogen-bond donors (Lipinski definition) is 3. The van der Waals surface area contributed by atoms with Crippen molar-refractivity contribution in [3.05, 3.63) is 24.3 Å². The van der Waals surface area contributed by atoms with Crippen molar-refractivity contribution >= 4 is 0 Å². The molecule has 0 spiro atoms. The molecule has 0 aromatic heterocycles. The van der Waals surface area contributed by atoms with E-state index < -0.39 is 18.5 Å². The molecule has 1 saturated heterocycles. The second kappa shape index (κ2) is 6.21. The molecule has 19 heavy (non-hydrogen) atoms. The van der Waals surface area contributed by atoms with Crippen LogP contribution >= 0.6 is 0 Å². The molecule has 1 aliphatic rings. The van der Waals surface area contributed by atoms with Crippen LogP contribution in [0.3, 0.4) is 0 Å². The Kier molecular flexibility index (Phi) is 4.60. The van der Waals surface area contributed by atoms with Crippen LogP contribution in [0.2, 0.25) is 0 Å². The number of ether oxygens (including phenoxy) is 3. The summed E-state index contributed by atoms with van der Waals surface area (Å²) in [7, 11) is 0. The maximum Gasteiger partial charge on any atom is 0.188 e. The van der Waals surface area contributed by atoms with Crippen LogP contribution in [0.1, 0.15) is 6.92 Å². The number of hydrogen-bond acceptors (Lipinski definition) is 6. The number of aliphatic hydroxyl groups is 2. The molecule has 4 unspecified atom stereocenters. The predicted molar refractivity (Wildman–Crippen MR) is 65.9 cm³/mol. The third-order valence-electron chi connectivity index (χ3n) is 2.81. The number of aromatic hydroxyl groups is 1. The third kappa shape index (κ3) is 4.07. The van der Waals surface area contributed by atoms with E-state index in [0.717, 1.165) is 0 Å². The van der Waals surface area contributed by atoms with E-state index in [-0.39, 0.29) is 18.5 Å². The number of phenolic OH excluding ortho intramolecular Hbond substituents is 1. The van der Waals surface area contributed by atoms with Crippen LogP contribution in [0.15, 0.2) is 24.3 Å². The number of phenols is 1. The van der Waals surface area contributed by atoms with Gasteiger partial charge in [0.15, 0.2) is 6.29 Å². The van der Waals surface area contributed by atoms with Gasteiger partial charge in [0.25, 0.3) is 0 Å². The summed E-state index contributed by atoms with van der Waals surface area (Å²) < 4.78 is 16.0. The first kappa shape index (κ1) is 14.1. The summed E-state index contributed by atoms with van der Waals surface area (Å²) in [6, 6.07) is 6.37. The van der Waals surface area contributed by atoms with Crippen LogP contribution in [0, 0.1) is 0 Å². The minimum absolute atomic E-state index is 0.180. The Morgan fingerprint density at radius 1 is 1.32 bits per heavy atom. The number of epoxide rings is 1. The van der Waals surface area contributed by atoms with E-state index in [1.54, 1.807) is 19.1 Å². The van der Waals surface area contributed by atoms with Gasteiger partial charge in [0.2, 0.25) is 0 Å². The van der Waals surface area contributed by atoms with Crippen LogP contribution in [0.4, 0.5) is 0 Å². The summed E-state index contributed by atoms with van der Waals surface area (Å²) in [4.78, 5) is 0. The quantitative estimate of drug-likeness (QED) is 0.615. The Morgan fingerprint density at radius 2 is 2.00 bits per heavy atom. The lowest BCUT2D eigenvalue weighted by Gasteiger charge is -2.16. The average molecular weight is 270 g/mol. The molecule has 0 radical (unpaired) electrons. The standard InChI is InChI=1S/C13H18O6/c1-8(15)11(6-14)18-13-12(19-13)7-17-10-4-2-9(16)3-5-10/h2-5,8,11-16H,6-7H2,1H3. The summed E-state index contributed by atoms with van der Waals surface area (Å²) >= 11 is 0. The van der Waals surface area contributed by atoms with Gasteiger partial charge in [-0.3, -0.25) is 0 Å². The first-order valence-corrected chi connectivity index (χ1v) is 6.12. The molecule has 106 valence electrons. The molecule has 1 fully saturated rings. The molecule has 0 aliphatic carbocycles. The predicted octanol–water partition coefficient (Wildman–Crippen LogP) is 0.254. The van der Waals surface area contributed by atoms with E-state index >= 15 is 0 Å². The SMILES string of the molecule is CC(O)C(CO)OC1OC1COc1ccc(O)cc1. The maximum atomic E-state index is 9.31. The van der Waals surface area contributed by atoms with Crippen LogP contribution in [0.25, 0.3) is 0 Å². The maximum absolute atomic E-state index is 9.31. The summed E-state index contributed by atoms with van der Waals surface area (Å²) in [5, 5.41) is 27.4. The molecule has 1 aliphatic heterocycles. The van der Waals surface area contributed by atoms with Gasteiger partial charge in [-0.1, -0.05) is 0 Å². The normalized spacial score (nSPS) is 24.8. The Bertz CT molecular complexity index is 391. The van der Waals surface area contributed by atoms with Gasteiger partial charge in [0, 0.05) is 0 Å². The zero-order valence-corrected chi connectivity index (χ0v) is 10.6. The molecule has 0 amide bonds. The first-order valence-electron chi connectivity index (χ1n) is 6.12. The average Bonchev–Trinajstić information content (AvgIpc) is 3.13. The van der Waals surface area contributed by atoms with E-state index in [0.29, 0.717) is 12.4 Å². The van der Waals surface area contributed by atoms with Crippen molar-refractivity contribution in [3.63, 3.8) is 0 Å². The molecular formula is C13H18O6. The van der Waals surface area contributed by atoms with Crippen LogP contribution in [-0.4, -0.2) is 53.1 Å². The summed E-state index contributed by atoms with van der Waals surface area (Å²) in [5.74, 6) is 0.806. The number of rotatable bonds is 7. The Labute approximate surface area is 111 Å². The molecule has 4 atom stereocenters. The Morgan fingerprint density at radius 3 is 2.58 bits per heavy atom. The van der Waals surface area contributed by atoms with E-state index in [4.69, 9.17) is 24.4 Å². The molecule has 0 bridgehead atoms.